The van der Waals surface area contributed by atoms with Crippen molar-refractivity contribution in [2.45, 2.75) is 0 Å². The van der Waals surface area contributed by atoms with Gasteiger partial charge in [-0.1, -0.05) is 170 Å². The summed E-state index contributed by atoms with van der Waals surface area (Å²) in [6.07, 6.45) is 0. The molecule has 0 amide bonds. The molecule has 0 atom stereocenters. The van der Waals surface area contributed by atoms with Crippen molar-refractivity contribution in [3.63, 3.8) is 0 Å². The minimum atomic E-state index is 0.591. The van der Waals surface area contributed by atoms with Crippen LogP contribution in [0.4, 0.5) is 0 Å². The van der Waals surface area contributed by atoms with Gasteiger partial charge in [0, 0.05) is 27.5 Å². The van der Waals surface area contributed by atoms with Crippen molar-refractivity contribution in [1.82, 2.24) is 15.0 Å². The fourth-order valence-electron chi connectivity index (χ4n) is 8.13. The van der Waals surface area contributed by atoms with Crippen molar-refractivity contribution in [2.24, 2.45) is 0 Å². The standard InChI is InChI=1S/C53H33N3O/c1-2-13-37(14-3-1)42-30-31-45(44-19-7-6-18-43(42)44)52-54-51(55-53(56-52)47-21-11-23-49-50(47)46-20-8-9-22-48(46)57-49)41-17-10-16-39(33-41)35-24-26-36(27-25-35)40-29-28-34-12-4-5-15-38(34)32-40/h1-33H. The van der Waals surface area contributed by atoms with Crippen LogP contribution in [0.2, 0.25) is 0 Å². The Kier molecular flexibility index (Phi) is 7.78. The summed E-state index contributed by atoms with van der Waals surface area (Å²) in [4.78, 5) is 15.7. The molecule has 9 aromatic carbocycles. The van der Waals surface area contributed by atoms with Crippen molar-refractivity contribution >= 4 is 43.5 Å². The normalized spacial score (nSPS) is 11.5. The minimum absolute atomic E-state index is 0.591. The fraction of sp³-hybridized carbons (Fsp3) is 0. The van der Waals surface area contributed by atoms with Crippen molar-refractivity contribution < 1.29 is 4.42 Å². The van der Waals surface area contributed by atoms with Gasteiger partial charge >= 0.3 is 0 Å². The monoisotopic (exact) mass is 727 g/mol. The van der Waals surface area contributed by atoms with Crippen LogP contribution in [0.5, 0.6) is 0 Å². The zero-order valence-corrected chi connectivity index (χ0v) is 30.8. The fourth-order valence-corrected chi connectivity index (χ4v) is 8.13. The third-order valence-corrected chi connectivity index (χ3v) is 11.0. The Hall–Kier alpha value is -7.69. The molecule has 0 radical (unpaired) electrons. The average Bonchev–Trinajstić information content (AvgIpc) is 3.68. The molecule has 2 heterocycles. The van der Waals surface area contributed by atoms with Gasteiger partial charge in [-0.2, -0.15) is 0 Å². The summed E-state index contributed by atoms with van der Waals surface area (Å²) in [6, 6.07) is 70.0. The van der Waals surface area contributed by atoms with Crippen LogP contribution in [0.15, 0.2) is 205 Å². The lowest BCUT2D eigenvalue weighted by atomic mass is 9.94. The molecule has 4 heteroatoms. The van der Waals surface area contributed by atoms with E-state index < -0.39 is 0 Å². The Labute approximate surface area is 329 Å². The van der Waals surface area contributed by atoms with Gasteiger partial charge in [-0.3, -0.25) is 0 Å². The van der Waals surface area contributed by atoms with E-state index in [-0.39, 0.29) is 0 Å². The van der Waals surface area contributed by atoms with Gasteiger partial charge in [-0.25, -0.2) is 15.0 Å². The van der Waals surface area contributed by atoms with E-state index in [9.17, 15) is 0 Å². The van der Waals surface area contributed by atoms with Crippen LogP contribution in [0, 0.1) is 0 Å². The molecular formula is C53H33N3O. The van der Waals surface area contributed by atoms with Gasteiger partial charge in [-0.15, -0.1) is 0 Å². The highest BCUT2D eigenvalue weighted by atomic mass is 16.3. The number of furan rings is 1. The topological polar surface area (TPSA) is 51.8 Å². The van der Waals surface area contributed by atoms with E-state index in [4.69, 9.17) is 19.4 Å². The molecular weight excluding hydrogens is 695 g/mol. The molecule has 2 aromatic heterocycles. The summed E-state index contributed by atoms with van der Waals surface area (Å²) in [6.45, 7) is 0. The van der Waals surface area contributed by atoms with Crippen molar-refractivity contribution in [2.75, 3.05) is 0 Å². The summed E-state index contributed by atoms with van der Waals surface area (Å²) < 4.78 is 6.31. The van der Waals surface area contributed by atoms with E-state index in [2.05, 4.69) is 164 Å². The molecule has 0 saturated heterocycles. The highest BCUT2D eigenvalue weighted by Gasteiger charge is 2.19. The molecule has 0 aliphatic rings. The predicted molar refractivity (Wildman–Crippen MR) is 235 cm³/mol. The highest BCUT2D eigenvalue weighted by molar-refractivity contribution is 6.12. The lowest BCUT2D eigenvalue weighted by Gasteiger charge is -2.14. The van der Waals surface area contributed by atoms with Gasteiger partial charge in [0.1, 0.15) is 11.2 Å². The third-order valence-electron chi connectivity index (χ3n) is 11.0. The van der Waals surface area contributed by atoms with E-state index in [1.54, 1.807) is 0 Å². The Morgan fingerprint density at radius 1 is 0.281 bits per heavy atom. The summed E-state index contributed by atoms with van der Waals surface area (Å²) in [5, 5.41) is 6.71. The van der Waals surface area contributed by atoms with E-state index in [1.807, 2.05) is 36.4 Å². The summed E-state index contributed by atoms with van der Waals surface area (Å²) in [5.74, 6) is 1.81. The SMILES string of the molecule is c1ccc(-c2ccc(-c3nc(-c4cccc(-c5ccc(-c6ccc7ccccc7c6)cc5)c4)nc(-c4cccc5oc6ccccc6c45)n3)c3ccccc23)cc1. The molecule has 0 bridgehead atoms. The first-order valence-electron chi connectivity index (χ1n) is 19.2. The van der Waals surface area contributed by atoms with Crippen molar-refractivity contribution in [3.8, 4) is 67.5 Å². The van der Waals surface area contributed by atoms with Gasteiger partial charge in [0.15, 0.2) is 17.5 Å². The van der Waals surface area contributed by atoms with E-state index >= 15 is 0 Å². The molecule has 0 N–H and O–H groups in total. The number of para-hydroxylation sites is 1. The number of hydrogen-bond donors (Lipinski definition) is 0. The Bertz CT molecular complexity index is 3290. The summed E-state index contributed by atoms with van der Waals surface area (Å²) in [5.41, 5.74) is 11.3. The molecule has 11 rings (SSSR count). The zero-order valence-electron chi connectivity index (χ0n) is 30.8. The number of hydrogen-bond acceptors (Lipinski definition) is 4. The first-order valence-corrected chi connectivity index (χ1v) is 19.2. The number of benzene rings is 9. The lowest BCUT2D eigenvalue weighted by Crippen LogP contribution is -2.01. The van der Waals surface area contributed by atoms with Gasteiger partial charge < -0.3 is 4.42 Å². The maximum atomic E-state index is 6.31. The Morgan fingerprint density at radius 2 is 0.825 bits per heavy atom. The summed E-state index contributed by atoms with van der Waals surface area (Å²) >= 11 is 0. The second kappa shape index (κ2) is 13.6. The Balaban J connectivity index is 1.06. The molecule has 0 fully saturated rings. The number of rotatable bonds is 6. The maximum Gasteiger partial charge on any atom is 0.164 e. The van der Waals surface area contributed by atoms with Gasteiger partial charge in [0.25, 0.3) is 0 Å². The smallest absolute Gasteiger partial charge is 0.164 e. The number of nitrogens with zero attached hydrogens (tertiary/aromatic N) is 3. The molecule has 0 unspecified atom stereocenters. The van der Waals surface area contributed by atoms with Crippen molar-refractivity contribution in [3.05, 3.63) is 200 Å². The van der Waals surface area contributed by atoms with E-state index in [0.29, 0.717) is 17.5 Å². The molecule has 0 saturated carbocycles. The van der Waals surface area contributed by atoms with Crippen LogP contribution >= 0.6 is 0 Å². The van der Waals surface area contributed by atoms with Crippen LogP contribution in [0.3, 0.4) is 0 Å². The minimum Gasteiger partial charge on any atom is -0.456 e. The van der Waals surface area contributed by atoms with E-state index in [1.165, 1.54) is 27.5 Å². The van der Waals surface area contributed by atoms with Crippen LogP contribution in [0.25, 0.3) is 111 Å². The molecule has 0 aliphatic heterocycles. The van der Waals surface area contributed by atoms with Crippen LogP contribution in [0.1, 0.15) is 0 Å². The van der Waals surface area contributed by atoms with Gasteiger partial charge in [0.2, 0.25) is 0 Å². The molecule has 11 aromatic rings. The molecule has 57 heavy (non-hydrogen) atoms. The first-order chi connectivity index (χ1) is 28.2. The lowest BCUT2D eigenvalue weighted by molar-refractivity contribution is 0.669. The molecule has 4 nitrogen and oxygen atoms in total. The molecule has 0 aliphatic carbocycles. The van der Waals surface area contributed by atoms with Crippen molar-refractivity contribution in [1.29, 1.82) is 0 Å². The second-order valence-corrected chi connectivity index (χ2v) is 14.4. The Morgan fingerprint density at radius 3 is 1.63 bits per heavy atom. The third kappa shape index (κ3) is 5.83. The van der Waals surface area contributed by atoms with Crippen LogP contribution in [-0.2, 0) is 0 Å². The van der Waals surface area contributed by atoms with Crippen LogP contribution in [-0.4, -0.2) is 15.0 Å². The highest BCUT2D eigenvalue weighted by Crippen LogP contribution is 2.39. The largest absolute Gasteiger partial charge is 0.456 e. The number of aromatic nitrogens is 3. The van der Waals surface area contributed by atoms with Crippen LogP contribution < -0.4 is 0 Å². The van der Waals surface area contributed by atoms with Gasteiger partial charge in [0.05, 0.1) is 0 Å². The van der Waals surface area contributed by atoms with E-state index in [0.717, 1.165) is 66.1 Å². The predicted octanol–water partition coefficient (Wildman–Crippen LogP) is 14.1. The number of fused-ring (bicyclic) bond motifs is 5. The first kappa shape index (κ1) is 32.7. The second-order valence-electron chi connectivity index (χ2n) is 14.4. The quantitative estimate of drug-likeness (QED) is 0.171. The van der Waals surface area contributed by atoms with Gasteiger partial charge in [-0.05, 0) is 85.3 Å². The zero-order chi connectivity index (χ0) is 37.7. The maximum absolute atomic E-state index is 6.31. The average molecular weight is 728 g/mol. The molecule has 0 spiro atoms. The molecule has 266 valence electrons. The summed E-state index contributed by atoms with van der Waals surface area (Å²) in [7, 11) is 0.